The highest BCUT2D eigenvalue weighted by molar-refractivity contribution is 5.98. The maximum Gasteiger partial charge on any atom is 0.222 e. The molecule has 1 saturated heterocycles. The average molecular weight is 401 g/mol. The maximum absolute atomic E-state index is 12.0. The van der Waals surface area contributed by atoms with Crippen molar-refractivity contribution in [2.75, 3.05) is 45.2 Å². The molecule has 0 aliphatic carbocycles. The van der Waals surface area contributed by atoms with Gasteiger partial charge in [0.15, 0.2) is 5.96 Å². The predicted molar refractivity (Wildman–Crippen MR) is 119 cm³/mol. The van der Waals surface area contributed by atoms with Crippen molar-refractivity contribution in [2.45, 2.75) is 52.1 Å². The third kappa shape index (κ3) is 4.92. The van der Waals surface area contributed by atoms with Crippen LogP contribution >= 0.6 is 0 Å². The van der Waals surface area contributed by atoms with Gasteiger partial charge < -0.3 is 19.9 Å². The molecule has 0 radical (unpaired) electrons. The van der Waals surface area contributed by atoms with Crippen molar-refractivity contribution in [1.29, 1.82) is 0 Å². The van der Waals surface area contributed by atoms with Crippen molar-refractivity contribution < 1.29 is 9.53 Å². The number of carbonyl (C=O) groups is 1. The zero-order valence-corrected chi connectivity index (χ0v) is 18.6. The Morgan fingerprint density at radius 3 is 2.72 bits per heavy atom. The molecular weight excluding hydrogens is 364 g/mol. The number of nitrogens with one attached hydrogen (secondary N) is 1. The van der Waals surface area contributed by atoms with Crippen molar-refractivity contribution in [3.05, 3.63) is 29.8 Å². The number of guanidine groups is 1. The lowest BCUT2D eigenvalue weighted by Gasteiger charge is -2.31. The van der Waals surface area contributed by atoms with Gasteiger partial charge in [0.25, 0.3) is 0 Å². The summed E-state index contributed by atoms with van der Waals surface area (Å²) in [6.07, 6.45) is 2.78. The van der Waals surface area contributed by atoms with Gasteiger partial charge in [-0.25, -0.2) is 0 Å². The van der Waals surface area contributed by atoms with E-state index < -0.39 is 0 Å². The molecule has 0 spiro atoms. The molecule has 1 fully saturated rings. The second-order valence-electron chi connectivity index (χ2n) is 9.16. The summed E-state index contributed by atoms with van der Waals surface area (Å²) in [7, 11) is 3.60. The number of fused-ring (bicyclic) bond motifs is 1. The molecule has 0 bridgehead atoms. The minimum atomic E-state index is 0.0499. The number of carbonyl (C=O) groups excluding carboxylic acids is 1. The van der Waals surface area contributed by atoms with Crippen LogP contribution in [0.15, 0.2) is 29.3 Å². The van der Waals surface area contributed by atoms with Gasteiger partial charge in [-0.3, -0.25) is 9.79 Å². The first kappa shape index (κ1) is 21.6. The van der Waals surface area contributed by atoms with Gasteiger partial charge in [-0.05, 0) is 29.9 Å². The average Bonchev–Trinajstić information content (AvgIpc) is 3.26. The Balaban J connectivity index is 1.69. The Bertz CT molecular complexity index is 741. The first-order chi connectivity index (χ1) is 13.8. The van der Waals surface area contributed by atoms with Crippen LogP contribution in [0.1, 0.15) is 51.5 Å². The van der Waals surface area contributed by atoms with E-state index in [1.54, 1.807) is 7.11 Å². The quantitative estimate of drug-likeness (QED) is 0.588. The van der Waals surface area contributed by atoms with Crippen LogP contribution < -0.4 is 10.2 Å². The molecule has 1 aromatic carbocycles. The van der Waals surface area contributed by atoms with Gasteiger partial charge in [-0.15, -0.1) is 0 Å². The highest BCUT2D eigenvalue weighted by Crippen LogP contribution is 2.38. The summed E-state index contributed by atoms with van der Waals surface area (Å²) in [6.45, 7) is 9.90. The highest BCUT2D eigenvalue weighted by atomic mass is 16.5. The molecule has 0 saturated carbocycles. The SMILES string of the molecule is CN=C(NCC(OC)C(C)(C)C)N1CC(CCN2CCCC2=O)c2ccccc21. The molecule has 6 heteroatoms. The Hall–Kier alpha value is -2.08. The van der Waals surface area contributed by atoms with E-state index in [-0.39, 0.29) is 11.5 Å². The number of benzene rings is 1. The van der Waals surface area contributed by atoms with Crippen LogP contribution in [0.25, 0.3) is 0 Å². The van der Waals surface area contributed by atoms with Gasteiger partial charge in [-0.2, -0.15) is 0 Å². The Morgan fingerprint density at radius 1 is 1.34 bits per heavy atom. The Kier molecular flexibility index (Phi) is 6.83. The lowest BCUT2D eigenvalue weighted by molar-refractivity contribution is -0.127. The molecule has 1 N–H and O–H groups in total. The summed E-state index contributed by atoms with van der Waals surface area (Å²) in [5, 5.41) is 3.52. The molecule has 1 amide bonds. The van der Waals surface area contributed by atoms with Gasteiger partial charge in [0.2, 0.25) is 5.91 Å². The number of anilines is 1. The number of hydrogen-bond donors (Lipinski definition) is 1. The number of methoxy groups -OCH3 is 1. The van der Waals surface area contributed by atoms with E-state index in [1.165, 1.54) is 11.3 Å². The topological polar surface area (TPSA) is 57.2 Å². The van der Waals surface area contributed by atoms with E-state index in [0.29, 0.717) is 24.8 Å². The Labute approximate surface area is 175 Å². The van der Waals surface area contributed by atoms with Gasteiger partial charge >= 0.3 is 0 Å². The maximum atomic E-state index is 12.0. The van der Waals surface area contributed by atoms with Crippen LogP contribution in [0.3, 0.4) is 0 Å². The summed E-state index contributed by atoms with van der Waals surface area (Å²) < 4.78 is 5.70. The minimum absolute atomic E-state index is 0.0499. The first-order valence-corrected chi connectivity index (χ1v) is 10.7. The summed E-state index contributed by atoms with van der Waals surface area (Å²) in [6, 6.07) is 8.57. The van der Waals surface area contributed by atoms with Gasteiger partial charge in [-0.1, -0.05) is 39.0 Å². The number of ether oxygens (including phenoxy) is 1. The first-order valence-electron chi connectivity index (χ1n) is 10.7. The normalized spacial score (nSPS) is 20.9. The summed E-state index contributed by atoms with van der Waals surface area (Å²) in [4.78, 5) is 20.8. The lowest BCUT2D eigenvalue weighted by Crippen LogP contribution is -2.47. The third-order valence-corrected chi connectivity index (χ3v) is 6.15. The van der Waals surface area contributed by atoms with Crippen molar-refractivity contribution in [3.63, 3.8) is 0 Å². The van der Waals surface area contributed by atoms with Crippen molar-refractivity contribution in [2.24, 2.45) is 10.4 Å². The molecule has 2 atom stereocenters. The van der Waals surface area contributed by atoms with E-state index >= 15 is 0 Å². The van der Waals surface area contributed by atoms with E-state index in [1.807, 2.05) is 11.9 Å². The molecule has 29 heavy (non-hydrogen) atoms. The van der Waals surface area contributed by atoms with Gasteiger partial charge in [0, 0.05) is 58.4 Å². The van der Waals surface area contributed by atoms with Crippen LogP contribution in [0.4, 0.5) is 5.69 Å². The highest BCUT2D eigenvalue weighted by Gasteiger charge is 2.33. The van der Waals surface area contributed by atoms with Crippen LogP contribution in [0.5, 0.6) is 0 Å². The standard InChI is InChI=1S/C23H36N4O2/c1-23(2,3)20(29-5)15-25-22(24-4)27-16-17(18-9-6-7-10-19(18)27)12-14-26-13-8-11-21(26)28/h6-7,9-10,17,20H,8,11-16H2,1-5H3,(H,24,25). The zero-order chi connectivity index (χ0) is 21.0. The van der Waals surface area contributed by atoms with E-state index in [2.05, 4.69) is 60.2 Å². The third-order valence-electron chi connectivity index (χ3n) is 6.15. The fraction of sp³-hybridized carbons (Fsp3) is 0.652. The van der Waals surface area contributed by atoms with Gasteiger partial charge in [0.1, 0.15) is 0 Å². The largest absolute Gasteiger partial charge is 0.379 e. The molecule has 6 nitrogen and oxygen atoms in total. The zero-order valence-electron chi connectivity index (χ0n) is 18.6. The predicted octanol–water partition coefficient (Wildman–Crippen LogP) is 3.24. The second kappa shape index (κ2) is 9.16. The smallest absolute Gasteiger partial charge is 0.222 e. The van der Waals surface area contributed by atoms with Crippen LogP contribution in [0.2, 0.25) is 0 Å². The fourth-order valence-corrected chi connectivity index (χ4v) is 4.42. The van der Waals surface area contributed by atoms with Crippen molar-refractivity contribution >= 4 is 17.6 Å². The molecule has 160 valence electrons. The fourth-order valence-electron chi connectivity index (χ4n) is 4.42. The number of nitrogens with zero attached hydrogens (tertiary/aromatic N) is 3. The number of aliphatic imine (C=N–C) groups is 1. The van der Waals surface area contributed by atoms with Crippen LogP contribution in [-0.4, -0.2) is 63.2 Å². The Morgan fingerprint density at radius 2 is 2.10 bits per heavy atom. The van der Waals surface area contributed by atoms with Gasteiger partial charge in [0.05, 0.1) is 6.10 Å². The molecule has 0 aromatic heterocycles. The lowest BCUT2D eigenvalue weighted by atomic mass is 9.89. The van der Waals surface area contributed by atoms with Crippen molar-refractivity contribution in [1.82, 2.24) is 10.2 Å². The molecule has 1 aromatic rings. The molecule has 3 rings (SSSR count). The summed E-state index contributed by atoms with van der Waals surface area (Å²) in [5.41, 5.74) is 2.61. The number of rotatable bonds is 6. The number of hydrogen-bond acceptors (Lipinski definition) is 3. The molecule has 2 aliphatic rings. The molecular formula is C23H36N4O2. The van der Waals surface area contributed by atoms with E-state index in [0.717, 1.165) is 38.4 Å². The van der Waals surface area contributed by atoms with Crippen molar-refractivity contribution in [3.8, 4) is 0 Å². The number of amides is 1. The summed E-state index contributed by atoms with van der Waals surface area (Å²) in [5.74, 6) is 1.58. The van der Waals surface area contributed by atoms with Crippen LogP contribution in [0, 0.1) is 5.41 Å². The molecule has 2 unspecified atom stereocenters. The van der Waals surface area contributed by atoms with E-state index in [9.17, 15) is 4.79 Å². The van der Waals surface area contributed by atoms with Crippen LogP contribution in [-0.2, 0) is 9.53 Å². The summed E-state index contributed by atoms with van der Waals surface area (Å²) >= 11 is 0. The second-order valence-corrected chi connectivity index (χ2v) is 9.16. The minimum Gasteiger partial charge on any atom is -0.379 e. The van der Waals surface area contributed by atoms with E-state index in [4.69, 9.17) is 4.74 Å². The number of para-hydroxylation sites is 1. The molecule has 2 heterocycles. The molecule has 2 aliphatic heterocycles. The monoisotopic (exact) mass is 400 g/mol. The number of likely N-dealkylation sites (tertiary alicyclic amines) is 1.